The van der Waals surface area contributed by atoms with Crippen molar-refractivity contribution >= 4 is 34.5 Å². The predicted octanol–water partition coefficient (Wildman–Crippen LogP) is 3.11. The van der Waals surface area contributed by atoms with Gasteiger partial charge in [0.1, 0.15) is 11.4 Å². The standard InChI is InChI=1S/C23H23N3O4S/c1-29-18-8-7-15-19(20(18)30-2)22(28)26-17(12-31-23(15)26)21(27)24-10-9-13-11-25-16-6-4-3-5-14(13)16/h3-8,11,17,23,25H,9-10,12H2,1-2H3,(H,24,27). The molecular formula is C23H23N3O4S. The Morgan fingerprint density at radius 3 is 2.87 bits per heavy atom. The van der Waals surface area contributed by atoms with Crippen LogP contribution < -0.4 is 14.8 Å². The SMILES string of the molecule is COc1ccc2c(c1OC)C(=O)N1C(C(=O)NCCc3c[nH]c4ccccc34)CSC21. The highest BCUT2D eigenvalue weighted by atomic mass is 32.2. The molecule has 0 radical (unpaired) electrons. The van der Waals surface area contributed by atoms with Crippen LogP contribution in [0.4, 0.5) is 0 Å². The van der Waals surface area contributed by atoms with Gasteiger partial charge in [0.2, 0.25) is 5.91 Å². The van der Waals surface area contributed by atoms with Gasteiger partial charge in [0, 0.05) is 35.0 Å². The van der Waals surface area contributed by atoms with E-state index in [2.05, 4.69) is 16.4 Å². The number of nitrogens with one attached hydrogen (secondary N) is 2. The number of para-hydroxylation sites is 1. The molecule has 7 nitrogen and oxygen atoms in total. The van der Waals surface area contributed by atoms with Crippen molar-refractivity contribution in [3.05, 3.63) is 59.3 Å². The van der Waals surface area contributed by atoms with E-state index < -0.39 is 6.04 Å². The minimum atomic E-state index is -0.506. The van der Waals surface area contributed by atoms with Gasteiger partial charge in [-0.1, -0.05) is 24.3 Å². The third-order valence-electron chi connectivity index (χ3n) is 5.96. The lowest BCUT2D eigenvalue weighted by Gasteiger charge is -2.22. The molecule has 2 aliphatic rings. The van der Waals surface area contributed by atoms with Gasteiger partial charge in [-0.3, -0.25) is 9.59 Å². The molecule has 2 unspecified atom stereocenters. The molecule has 1 fully saturated rings. The van der Waals surface area contributed by atoms with Crippen LogP contribution in [0.1, 0.15) is 26.9 Å². The largest absolute Gasteiger partial charge is 0.493 e. The number of methoxy groups -OCH3 is 2. The van der Waals surface area contributed by atoms with E-state index in [1.807, 2.05) is 36.5 Å². The van der Waals surface area contributed by atoms with E-state index in [0.29, 0.717) is 29.4 Å². The third kappa shape index (κ3) is 3.13. The number of fused-ring (bicyclic) bond motifs is 4. The van der Waals surface area contributed by atoms with Gasteiger partial charge in [-0.15, -0.1) is 11.8 Å². The van der Waals surface area contributed by atoms with Crippen molar-refractivity contribution in [2.45, 2.75) is 17.8 Å². The van der Waals surface area contributed by atoms with Crippen LogP contribution in [-0.4, -0.2) is 54.3 Å². The number of rotatable bonds is 6. The van der Waals surface area contributed by atoms with Gasteiger partial charge in [0.25, 0.3) is 5.91 Å². The molecule has 0 spiro atoms. The number of hydrogen-bond donors (Lipinski definition) is 2. The van der Waals surface area contributed by atoms with Gasteiger partial charge < -0.3 is 24.7 Å². The Labute approximate surface area is 184 Å². The number of H-pyrrole nitrogens is 1. The molecule has 3 heterocycles. The van der Waals surface area contributed by atoms with E-state index in [1.54, 1.807) is 23.8 Å². The quantitative estimate of drug-likeness (QED) is 0.619. The molecule has 2 amide bonds. The molecule has 8 heteroatoms. The monoisotopic (exact) mass is 437 g/mol. The minimum Gasteiger partial charge on any atom is -0.493 e. The van der Waals surface area contributed by atoms with Crippen LogP contribution in [-0.2, 0) is 11.2 Å². The molecule has 2 N–H and O–H groups in total. The van der Waals surface area contributed by atoms with E-state index in [4.69, 9.17) is 9.47 Å². The zero-order chi connectivity index (χ0) is 21.5. The second kappa shape index (κ2) is 7.85. The summed E-state index contributed by atoms with van der Waals surface area (Å²) in [4.78, 5) is 31.1. The molecular weight excluding hydrogens is 414 g/mol. The maximum absolute atomic E-state index is 13.2. The van der Waals surface area contributed by atoms with Crippen LogP contribution in [0.2, 0.25) is 0 Å². The number of hydrogen-bond acceptors (Lipinski definition) is 5. The first kappa shape index (κ1) is 19.8. The summed E-state index contributed by atoms with van der Waals surface area (Å²) in [7, 11) is 3.07. The number of ether oxygens (including phenoxy) is 2. The lowest BCUT2D eigenvalue weighted by Crippen LogP contribution is -2.46. The van der Waals surface area contributed by atoms with Crippen molar-refractivity contribution in [1.29, 1.82) is 0 Å². The number of benzene rings is 2. The Kier molecular flexibility index (Phi) is 5.02. The normalized spacial score (nSPS) is 19.4. The summed E-state index contributed by atoms with van der Waals surface area (Å²) >= 11 is 1.60. The average Bonchev–Trinajstić information content (AvgIpc) is 3.48. The van der Waals surface area contributed by atoms with Crippen molar-refractivity contribution in [2.75, 3.05) is 26.5 Å². The summed E-state index contributed by atoms with van der Waals surface area (Å²) in [6, 6.07) is 11.3. The molecule has 31 heavy (non-hydrogen) atoms. The average molecular weight is 438 g/mol. The zero-order valence-electron chi connectivity index (χ0n) is 17.3. The molecule has 3 aromatic rings. The van der Waals surface area contributed by atoms with E-state index >= 15 is 0 Å². The Bertz CT molecular complexity index is 1170. The maximum atomic E-state index is 13.2. The second-order valence-electron chi connectivity index (χ2n) is 7.58. The lowest BCUT2D eigenvalue weighted by molar-refractivity contribution is -0.124. The van der Waals surface area contributed by atoms with Gasteiger partial charge >= 0.3 is 0 Å². The van der Waals surface area contributed by atoms with Crippen LogP contribution in [0.5, 0.6) is 11.5 Å². The van der Waals surface area contributed by atoms with E-state index in [0.717, 1.165) is 23.1 Å². The number of thioether (sulfide) groups is 1. The van der Waals surface area contributed by atoms with Gasteiger partial charge in [0.15, 0.2) is 11.5 Å². The predicted molar refractivity (Wildman–Crippen MR) is 120 cm³/mol. The van der Waals surface area contributed by atoms with Crippen molar-refractivity contribution in [3.63, 3.8) is 0 Å². The second-order valence-corrected chi connectivity index (χ2v) is 8.69. The highest BCUT2D eigenvalue weighted by Gasteiger charge is 2.50. The third-order valence-corrected chi connectivity index (χ3v) is 7.27. The summed E-state index contributed by atoms with van der Waals surface area (Å²) < 4.78 is 10.8. The molecule has 0 bridgehead atoms. The van der Waals surface area contributed by atoms with E-state index in [-0.39, 0.29) is 17.2 Å². The van der Waals surface area contributed by atoms with Gasteiger partial charge in [-0.05, 0) is 24.1 Å². The first-order valence-corrected chi connectivity index (χ1v) is 11.2. The Morgan fingerprint density at radius 2 is 2.06 bits per heavy atom. The molecule has 0 aliphatic carbocycles. The van der Waals surface area contributed by atoms with Crippen LogP contribution in [0.3, 0.4) is 0 Å². The molecule has 2 aliphatic heterocycles. The smallest absolute Gasteiger partial charge is 0.260 e. The Hall–Kier alpha value is -3.13. The molecule has 1 aromatic heterocycles. The number of carbonyl (C=O) groups excluding carboxylic acids is 2. The van der Waals surface area contributed by atoms with Gasteiger partial charge in [-0.2, -0.15) is 0 Å². The summed E-state index contributed by atoms with van der Waals surface area (Å²) in [6.07, 6.45) is 2.71. The molecule has 2 aromatic carbocycles. The lowest BCUT2D eigenvalue weighted by atomic mass is 10.1. The number of carbonyl (C=O) groups is 2. The molecule has 1 saturated heterocycles. The Balaban J connectivity index is 1.30. The van der Waals surface area contributed by atoms with E-state index in [1.165, 1.54) is 12.5 Å². The molecule has 2 atom stereocenters. The Morgan fingerprint density at radius 1 is 1.23 bits per heavy atom. The minimum absolute atomic E-state index is 0.123. The van der Waals surface area contributed by atoms with Crippen molar-refractivity contribution < 1.29 is 19.1 Å². The van der Waals surface area contributed by atoms with Gasteiger partial charge in [-0.25, -0.2) is 0 Å². The van der Waals surface area contributed by atoms with Crippen molar-refractivity contribution in [3.8, 4) is 11.5 Å². The van der Waals surface area contributed by atoms with Crippen LogP contribution >= 0.6 is 11.8 Å². The zero-order valence-corrected chi connectivity index (χ0v) is 18.1. The van der Waals surface area contributed by atoms with Crippen LogP contribution in [0.15, 0.2) is 42.6 Å². The number of aromatic nitrogens is 1. The number of aromatic amines is 1. The number of nitrogens with zero attached hydrogens (tertiary/aromatic N) is 1. The summed E-state index contributed by atoms with van der Waals surface area (Å²) in [5.41, 5.74) is 3.62. The highest BCUT2D eigenvalue weighted by molar-refractivity contribution is 7.99. The van der Waals surface area contributed by atoms with Crippen molar-refractivity contribution in [2.24, 2.45) is 0 Å². The summed E-state index contributed by atoms with van der Waals surface area (Å²) in [5, 5.41) is 4.01. The fraction of sp³-hybridized carbons (Fsp3) is 0.304. The first-order valence-electron chi connectivity index (χ1n) is 10.2. The molecule has 5 rings (SSSR count). The summed E-state index contributed by atoms with van der Waals surface area (Å²) in [5.74, 6) is 1.21. The van der Waals surface area contributed by atoms with E-state index in [9.17, 15) is 9.59 Å². The first-order chi connectivity index (χ1) is 15.1. The number of amides is 2. The van der Waals surface area contributed by atoms with Crippen LogP contribution in [0.25, 0.3) is 10.9 Å². The molecule has 160 valence electrons. The fourth-order valence-corrected chi connectivity index (χ4v) is 5.93. The topological polar surface area (TPSA) is 83.7 Å². The molecule has 0 saturated carbocycles. The van der Waals surface area contributed by atoms with Gasteiger partial charge in [0.05, 0.1) is 19.8 Å². The highest BCUT2D eigenvalue weighted by Crippen LogP contribution is 2.52. The maximum Gasteiger partial charge on any atom is 0.260 e. The summed E-state index contributed by atoms with van der Waals surface area (Å²) in [6.45, 7) is 0.513. The van der Waals surface area contributed by atoms with Crippen LogP contribution in [0, 0.1) is 0 Å². The van der Waals surface area contributed by atoms with Crippen molar-refractivity contribution in [1.82, 2.24) is 15.2 Å². The fourth-order valence-electron chi connectivity index (χ4n) is 4.47.